The molecule has 1 amide bonds. The molecule has 0 saturated carbocycles. The van der Waals surface area contributed by atoms with E-state index in [0.717, 1.165) is 22.3 Å². The highest BCUT2D eigenvalue weighted by Crippen LogP contribution is 2.44. The number of hydrogen-bond acceptors (Lipinski definition) is 7. The van der Waals surface area contributed by atoms with E-state index in [1.807, 2.05) is 52.0 Å². The van der Waals surface area contributed by atoms with Gasteiger partial charge in [-0.2, -0.15) is 0 Å². The number of ether oxygens (including phenoxy) is 2. The maximum absolute atomic E-state index is 13.0. The maximum atomic E-state index is 13.0. The average Bonchev–Trinajstić information content (AvgIpc) is 3.39. The van der Waals surface area contributed by atoms with Gasteiger partial charge in [0.1, 0.15) is 6.61 Å². The molecule has 2 aliphatic rings. The average molecular weight is 589 g/mol. The van der Waals surface area contributed by atoms with E-state index in [4.69, 9.17) is 36.1 Å². The van der Waals surface area contributed by atoms with Crippen LogP contribution in [-0.2, 0) is 18.8 Å². The number of carbonyl (C=O) groups excluding carboxylic acids is 2. The Bertz CT molecular complexity index is 1510. The number of nitrogen functional groups attached to an aromatic ring is 1. The van der Waals surface area contributed by atoms with Gasteiger partial charge in [0.05, 0.1) is 23.9 Å². The molecule has 0 atom stereocenters. The number of anilines is 1. The van der Waals surface area contributed by atoms with Gasteiger partial charge < -0.3 is 29.8 Å². The number of nitrogens with one attached hydrogen (secondary N) is 1. The Balaban J connectivity index is 1.36. The van der Waals surface area contributed by atoms with Crippen molar-refractivity contribution < 1.29 is 28.4 Å². The Hall–Kier alpha value is -3.79. The van der Waals surface area contributed by atoms with Gasteiger partial charge in [-0.15, -0.1) is 0 Å². The summed E-state index contributed by atoms with van der Waals surface area (Å²) >= 11 is 6.51. The summed E-state index contributed by atoms with van der Waals surface area (Å²) in [6, 6.07) is 19.4. The lowest BCUT2D eigenvalue weighted by Crippen LogP contribution is -2.41. The molecular formula is C32H34BClN2O6. The number of hydrogen-bond donors (Lipinski definition) is 2. The van der Waals surface area contributed by atoms with E-state index in [9.17, 15) is 9.59 Å². The van der Waals surface area contributed by atoms with Crippen LogP contribution >= 0.6 is 11.6 Å². The van der Waals surface area contributed by atoms with Crippen molar-refractivity contribution in [1.29, 1.82) is 0 Å². The molecule has 1 aliphatic heterocycles. The fraction of sp³-hybridized carbons (Fsp3) is 0.312. The standard InChI is InChI=1S/C32H34BClN2O6/c1-31(2)32(3,4)42-33(41-31)20(14-19-15-25(29(37)39-5)28(35)16-27(19)34)17-36-30(38)40-18-26-23-12-8-6-10-21(23)22-11-7-9-13-24(22)26/h6-16,26H,17-18,35H2,1-5H3,(H,36,38). The van der Waals surface area contributed by atoms with Crippen LogP contribution in [0.15, 0.2) is 66.1 Å². The smallest absolute Gasteiger partial charge is 0.465 e. The van der Waals surface area contributed by atoms with E-state index < -0.39 is 30.4 Å². The van der Waals surface area contributed by atoms with Crippen LogP contribution < -0.4 is 11.1 Å². The minimum atomic E-state index is -0.793. The molecule has 3 aromatic carbocycles. The third kappa shape index (κ3) is 5.64. The highest BCUT2D eigenvalue weighted by atomic mass is 35.5. The van der Waals surface area contributed by atoms with E-state index in [-0.39, 0.29) is 30.3 Å². The third-order valence-corrected chi connectivity index (χ3v) is 8.58. The molecule has 1 aliphatic carbocycles. The molecule has 0 radical (unpaired) electrons. The molecule has 10 heteroatoms. The van der Waals surface area contributed by atoms with Crippen molar-refractivity contribution >= 4 is 42.5 Å². The van der Waals surface area contributed by atoms with Crippen LogP contribution in [0, 0.1) is 0 Å². The van der Waals surface area contributed by atoms with Gasteiger partial charge >= 0.3 is 19.2 Å². The Morgan fingerprint density at radius 3 is 2.14 bits per heavy atom. The summed E-state index contributed by atoms with van der Waals surface area (Å²) in [7, 11) is 0.485. The summed E-state index contributed by atoms with van der Waals surface area (Å²) in [5.74, 6) is -0.653. The number of halogens is 1. The zero-order valence-electron chi connectivity index (χ0n) is 24.3. The van der Waals surface area contributed by atoms with Crippen molar-refractivity contribution in [2.24, 2.45) is 0 Å². The van der Waals surface area contributed by atoms with E-state index in [2.05, 4.69) is 29.6 Å². The molecule has 42 heavy (non-hydrogen) atoms. The molecule has 0 unspecified atom stereocenters. The van der Waals surface area contributed by atoms with E-state index in [0.29, 0.717) is 16.1 Å². The highest BCUT2D eigenvalue weighted by Gasteiger charge is 2.52. The summed E-state index contributed by atoms with van der Waals surface area (Å²) < 4.78 is 23.1. The van der Waals surface area contributed by atoms with Crippen LogP contribution in [0.5, 0.6) is 0 Å². The van der Waals surface area contributed by atoms with Gasteiger partial charge in [0.15, 0.2) is 0 Å². The Morgan fingerprint density at radius 2 is 1.57 bits per heavy atom. The van der Waals surface area contributed by atoms with E-state index >= 15 is 0 Å². The van der Waals surface area contributed by atoms with Gasteiger partial charge in [-0.25, -0.2) is 9.59 Å². The number of nitrogens with two attached hydrogens (primary N) is 1. The Labute approximate surface area is 251 Å². The number of methoxy groups -OCH3 is 1. The Kier molecular flexibility index (Phi) is 8.11. The van der Waals surface area contributed by atoms with Crippen molar-refractivity contribution in [3.63, 3.8) is 0 Å². The number of rotatable bonds is 7. The number of carbonyl (C=O) groups is 2. The minimum Gasteiger partial charge on any atom is -0.465 e. The first-order valence-corrected chi connectivity index (χ1v) is 14.1. The number of esters is 1. The molecule has 5 rings (SSSR count). The van der Waals surface area contributed by atoms with Crippen molar-refractivity contribution in [2.45, 2.75) is 44.8 Å². The van der Waals surface area contributed by atoms with Gasteiger partial charge in [-0.3, -0.25) is 0 Å². The lowest BCUT2D eigenvalue weighted by Gasteiger charge is -2.32. The van der Waals surface area contributed by atoms with Crippen molar-refractivity contribution in [3.05, 3.63) is 93.4 Å². The molecule has 0 spiro atoms. The molecule has 8 nitrogen and oxygen atoms in total. The van der Waals surface area contributed by atoms with Crippen LogP contribution in [0.2, 0.25) is 5.02 Å². The first-order valence-electron chi connectivity index (χ1n) is 13.7. The van der Waals surface area contributed by atoms with Crippen molar-refractivity contribution in [1.82, 2.24) is 5.32 Å². The number of fused-ring (bicyclic) bond motifs is 3. The fourth-order valence-electron chi connectivity index (χ4n) is 5.22. The number of benzene rings is 3. The largest absolute Gasteiger partial charge is 0.492 e. The summed E-state index contributed by atoms with van der Waals surface area (Å²) in [4.78, 5) is 25.3. The molecule has 1 saturated heterocycles. The van der Waals surface area contributed by atoms with E-state index in [1.54, 1.807) is 12.1 Å². The summed E-state index contributed by atoms with van der Waals surface area (Å²) in [5.41, 5.74) is 10.8. The molecule has 218 valence electrons. The van der Waals surface area contributed by atoms with Gasteiger partial charge in [0.25, 0.3) is 0 Å². The highest BCUT2D eigenvalue weighted by molar-refractivity contribution is 6.56. The van der Waals surface area contributed by atoms with Crippen LogP contribution in [0.4, 0.5) is 10.5 Å². The van der Waals surface area contributed by atoms with E-state index in [1.165, 1.54) is 13.2 Å². The molecule has 0 bridgehead atoms. The van der Waals surface area contributed by atoms with Gasteiger partial charge in [-0.1, -0.05) is 66.2 Å². The molecule has 0 aromatic heterocycles. The SMILES string of the molecule is COC(=O)c1cc(C=C(CNC(=O)OCC2c3ccccc3-c3ccccc32)B2OC(C)(C)C(C)(C)O2)c(Cl)cc1N. The van der Waals surface area contributed by atoms with Crippen LogP contribution in [-0.4, -0.2) is 50.6 Å². The van der Waals surface area contributed by atoms with Crippen LogP contribution in [0.25, 0.3) is 17.2 Å². The van der Waals surface area contributed by atoms with Crippen molar-refractivity contribution in [3.8, 4) is 11.1 Å². The van der Waals surface area contributed by atoms with Gasteiger partial charge in [-0.05, 0) is 73.1 Å². The minimum absolute atomic E-state index is 0.0434. The van der Waals surface area contributed by atoms with Gasteiger partial charge in [0, 0.05) is 23.2 Å². The predicted octanol–water partition coefficient (Wildman–Crippen LogP) is 6.26. The summed E-state index contributed by atoms with van der Waals surface area (Å²) in [5, 5.41) is 3.15. The van der Waals surface area contributed by atoms with Crippen LogP contribution in [0.3, 0.4) is 0 Å². The maximum Gasteiger partial charge on any atom is 0.492 e. The molecular weight excluding hydrogens is 555 g/mol. The fourth-order valence-corrected chi connectivity index (χ4v) is 5.45. The lowest BCUT2D eigenvalue weighted by atomic mass is 9.77. The van der Waals surface area contributed by atoms with Gasteiger partial charge in [0.2, 0.25) is 0 Å². The second-order valence-corrected chi connectivity index (χ2v) is 11.8. The van der Waals surface area contributed by atoms with Crippen LogP contribution in [0.1, 0.15) is 60.7 Å². The molecule has 1 heterocycles. The monoisotopic (exact) mass is 588 g/mol. The summed E-state index contributed by atoms with van der Waals surface area (Å²) in [6.07, 6.45) is 1.14. The molecule has 3 N–H and O–H groups in total. The molecule has 3 aromatic rings. The zero-order chi connectivity index (χ0) is 30.2. The lowest BCUT2D eigenvalue weighted by molar-refractivity contribution is 0.00578. The first-order chi connectivity index (χ1) is 19.9. The first kappa shape index (κ1) is 29.7. The topological polar surface area (TPSA) is 109 Å². The zero-order valence-corrected chi connectivity index (χ0v) is 25.1. The molecule has 1 fully saturated rings. The second-order valence-electron chi connectivity index (χ2n) is 11.4. The quantitative estimate of drug-likeness (QED) is 0.190. The van der Waals surface area contributed by atoms with Crippen molar-refractivity contribution in [2.75, 3.05) is 26.0 Å². The number of alkyl carbamates (subject to hydrolysis) is 1. The predicted molar refractivity (Wildman–Crippen MR) is 164 cm³/mol. The third-order valence-electron chi connectivity index (χ3n) is 8.25. The number of amides is 1. The summed E-state index contributed by atoms with van der Waals surface area (Å²) in [6.45, 7) is 7.98. The second kappa shape index (κ2) is 11.5. The Morgan fingerprint density at radius 1 is 1.00 bits per heavy atom. The normalized spacial score (nSPS) is 17.0.